The Labute approximate surface area is 190 Å². The first-order chi connectivity index (χ1) is 15.4. The lowest BCUT2D eigenvalue weighted by Gasteiger charge is -2.24. The summed E-state index contributed by atoms with van der Waals surface area (Å²) in [7, 11) is -3.83. The van der Waals surface area contributed by atoms with Crippen LogP contribution in [-0.4, -0.2) is 36.6 Å². The SMILES string of the molecule is Cc1ccc(S(=O)(=O)N(Cc2ccccc2)Cc2ccccc2)cc1C(=O)N1CCCC1. The maximum atomic E-state index is 13.7. The van der Waals surface area contributed by atoms with Gasteiger partial charge in [0, 0.05) is 31.7 Å². The van der Waals surface area contributed by atoms with E-state index in [1.54, 1.807) is 18.2 Å². The third kappa shape index (κ3) is 4.92. The molecule has 1 saturated heterocycles. The fraction of sp³-hybridized carbons (Fsp3) is 0.269. The van der Waals surface area contributed by atoms with E-state index < -0.39 is 10.0 Å². The molecule has 0 aromatic heterocycles. The maximum Gasteiger partial charge on any atom is 0.254 e. The summed E-state index contributed by atoms with van der Waals surface area (Å²) in [5, 5.41) is 0. The van der Waals surface area contributed by atoms with Crippen molar-refractivity contribution in [2.45, 2.75) is 37.8 Å². The van der Waals surface area contributed by atoms with Gasteiger partial charge in [0.1, 0.15) is 0 Å². The summed E-state index contributed by atoms with van der Waals surface area (Å²) in [4.78, 5) is 15.0. The predicted octanol–water partition coefficient (Wildman–Crippen LogP) is 4.62. The topological polar surface area (TPSA) is 57.7 Å². The van der Waals surface area contributed by atoms with Crippen LogP contribution in [0.4, 0.5) is 0 Å². The molecule has 0 radical (unpaired) electrons. The van der Waals surface area contributed by atoms with E-state index in [2.05, 4.69) is 0 Å². The lowest BCUT2D eigenvalue weighted by Crippen LogP contribution is -2.31. The van der Waals surface area contributed by atoms with Gasteiger partial charge in [-0.15, -0.1) is 0 Å². The third-order valence-corrected chi connectivity index (χ3v) is 7.66. The normalized spacial score (nSPS) is 14.1. The Morgan fingerprint density at radius 3 is 1.91 bits per heavy atom. The predicted molar refractivity (Wildman–Crippen MR) is 126 cm³/mol. The fourth-order valence-electron chi connectivity index (χ4n) is 4.03. The molecule has 6 heteroatoms. The van der Waals surface area contributed by atoms with Crippen molar-refractivity contribution in [2.75, 3.05) is 13.1 Å². The fourth-order valence-corrected chi connectivity index (χ4v) is 5.47. The van der Waals surface area contributed by atoms with Crippen LogP contribution in [0.2, 0.25) is 0 Å². The average Bonchev–Trinajstić information content (AvgIpc) is 3.35. The van der Waals surface area contributed by atoms with Crippen molar-refractivity contribution < 1.29 is 13.2 Å². The Hall–Kier alpha value is -2.96. The molecule has 3 aromatic rings. The quantitative estimate of drug-likeness (QED) is 0.530. The van der Waals surface area contributed by atoms with Crippen molar-refractivity contribution in [1.82, 2.24) is 9.21 Å². The summed E-state index contributed by atoms with van der Waals surface area (Å²) in [6.07, 6.45) is 1.98. The van der Waals surface area contributed by atoms with Crippen LogP contribution in [0.25, 0.3) is 0 Å². The standard InChI is InChI=1S/C26H28N2O3S/c1-21-14-15-24(18-25(21)26(29)27-16-8-9-17-27)32(30,31)28(19-22-10-4-2-5-11-22)20-23-12-6-3-7-13-23/h2-7,10-15,18H,8-9,16-17,19-20H2,1H3. The zero-order valence-corrected chi connectivity index (χ0v) is 19.1. The van der Waals surface area contributed by atoms with Gasteiger partial charge >= 0.3 is 0 Å². The molecule has 1 heterocycles. The largest absolute Gasteiger partial charge is 0.339 e. The minimum atomic E-state index is -3.83. The Bertz CT molecular complexity index is 1130. The van der Waals surface area contributed by atoms with E-state index in [0.29, 0.717) is 5.56 Å². The van der Waals surface area contributed by atoms with E-state index in [0.717, 1.165) is 42.6 Å². The first-order valence-electron chi connectivity index (χ1n) is 10.9. The minimum Gasteiger partial charge on any atom is -0.339 e. The average molecular weight is 449 g/mol. The van der Waals surface area contributed by atoms with Gasteiger partial charge in [-0.2, -0.15) is 4.31 Å². The molecule has 0 atom stereocenters. The Kier molecular flexibility index (Phi) is 6.72. The van der Waals surface area contributed by atoms with Gasteiger partial charge in [0.05, 0.1) is 4.90 Å². The first-order valence-corrected chi connectivity index (χ1v) is 12.4. The van der Waals surface area contributed by atoms with Crippen LogP contribution >= 0.6 is 0 Å². The highest BCUT2D eigenvalue weighted by Gasteiger charge is 2.28. The third-order valence-electron chi connectivity index (χ3n) is 5.87. The molecule has 4 rings (SSSR count). The highest BCUT2D eigenvalue weighted by molar-refractivity contribution is 7.89. The molecule has 3 aromatic carbocycles. The first kappa shape index (κ1) is 22.2. The van der Waals surface area contributed by atoms with Gasteiger partial charge in [-0.25, -0.2) is 8.42 Å². The van der Waals surface area contributed by atoms with Gasteiger partial charge in [0.15, 0.2) is 0 Å². The van der Waals surface area contributed by atoms with Crippen LogP contribution in [0.3, 0.4) is 0 Å². The summed E-state index contributed by atoms with van der Waals surface area (Å²) < 4.78 is 29.0. The lowest BCUT2D eigenvalue weighted by molar-refractivity contribution is 0.0792. The molecular weight excluding hydrogens is 420 g/mol. The molecular formula is C26H28N2O3S. The summed E-state index contributed by atoms with van der Waals surface area (Å²) in [5.41, 5.74) is 3.07. The zero-order chi connectivity index (χ0) is 22.6. The van der Waals surface area contributed by atoms with Gasteiger partial charge < -0.3 is 4.90 Å². The number of rotatable bonds is 7. The Morgan fingerprint density at radius 2 is 1.38 bits per heavy atom. The Morgan fingerprint density at radius 1 is 0.844 bits per heavy atom. The number of aryl methyl sites for hydroxylation is 1. The molecule has 166 valence electrons. The van der Waals surface area contributed by atoms with Crippen LogP contribution in [0.5, 0.6) is 0 Å². The zero-order valence-electron chi connectivity index (χ0n) is 18.3. The van der Waals surface area contributed by atoms with Gasteiger partial charge in [-0.3, -0.25) is 4.79 Å². The number of carbonyl (C=O) groups excluding carboxylic acids is 1. The minimum absolute atomic E-state index is 0.0882. The number of likely N-dealkylation sites (tertiary alicyclic amines) is 1. The molecule has 1 fully saturated rings. The van der Waals surface area contributed by atoms with E-state index in [9.17, 15) is 13.2 Å². The molecule has 1 aliphatic rings. The number of nitrogens with zero attached hydrogens (tertiary/aromatic N) is 2. The van der Waals surface area contributed by atoms with Crippen molar-refractivity contribution in [3.8, 4) is 0 Å². The van der Waals surface area contributed by atoms with E-state index in [4.69, 9.17) is 0 Å². The number of hydrogen-bond acceptors (Lipinski definition) is 3. The molecule has 1 amide bonds. The summed E-state index contributed by atoms with van der Waals surface area (Å²) in [6, 6.07) is 24.0. The van der Waals surface area contributed by atoms with Gasteiger partial charge in [-0.1, -0.05) is 66.7 Å². The maximum absolute atomic E-state index is 13.7. The molecule has 0 bridgehead atoms. The monoisotopic (exact) mass is 448 g/mol. The van der Waals surface area contributed by atoms with E-state index in [1.165, 1.54) is 4.31 Å². The van der Waals surface area contributed by atoms with Crippen molar-refractivity contribution >= 4 is 15.9 Å². The highest BCUT2D eigenvalue weighted by atomic mass is 32.2. The molecule has 0 spiro atoms. The van der Waals surface area contributed by atoms with Crippen LogP contribution in [0.15, 0.2) is 83.8 Å². The van der Waals surface area contributed by atoms with Crippen molar-refractivity contribution in [3.63, 3.8) is 0 Å². The molecule has 0 N–H and O–H groups in total. The smallest absolute Gasteiger partial charge is 0.254 e. The number of sulfonamides is 1. The van der Waals surface area contributed by atoms with Crippen LogP contribution < -0.4 is 0 Å². The second-order valence-electron chi connectivity index (χ2n) is 8.22. The number of amides is 1. The second-order valence-corrected chi connectivity index (χ2v) is 10.2. The summed E-state index contributed by atoms with van der Waals surface area (Å²) >= 11 is 0. The highest BCUT2D eigenvalue weighted by Crippen LogP contribution is 2.25. The van der Waals surface area contributed by atoms with E-state index in [-0.39, 0.29) is 23.9 Å². The lowest BCUT2D eigenvalue weighted by atomic mass is 10.1. The molecule has 0 unspecified atom stereocenters. The van der Waals surface area contributed by atoms with Gasteiger partial charge in [0.25, 0.3) is 5.91 Å². The Balaban J connectivity index is 1.69. The molecule has 1 aliphatic heterocycles. The van der Waals surface area contributed by atoms with Gasteiger partial charge in [0.2, 0.25) is 10.0 Å². The van der Waals surface area contributed by atoms with Crippen LogP contribution in [0.1, 0.15) is 39.9 Å². The number of benzene rings is 3. The summed E-state index contributed by atoms with van der Waals surface area (Å²) in [6.45, 7) is 3.81. The second kappa shape index (κ2) is 9.67. The van der Waals surface area contributed by atoms with Crippen molar-refractivity contribution in [3.05, 3.63) is 101 Å². The molecule has 0 aliphatic carbocycles. The van der Waals surface area contributed by atoms with Crippen LogP contribution in [-0.2, 0) is 23.1 Å². The van der Waals surface area contributed by atoms with E-state index >= 15 is 0 Å². The van der Waals surface area contributed by atoms with Gasteiger partial charge in [-0.05, 0) is 48.6 Å². The number of hydrogen-bond donors (Lipinski definition) is 0. The van der Waals surface area contributed by atoms with Crippen LogP contribution in [0, 0.1) is 6.92 Å². The molecule has 5 nitrogen and oxygen atoms in total. The molecule has 0 saturated carbocycles. The molecule has 32 heavy (non-hydrogen) atoms. The number of carbonyl (C=O) groups is 1. The van der Waals surface area contributed by atoms with Crippen molar-refractivity contribution in [1.29, 1.82) is 0 Å². The summed E-state index contributed by atoms with van der Waals surface area (Å²) in [5.74, 6) is -0.0882. The van der Waals surface area contributed by atoms with E-state index in [1.807, 2.05) is 72.5 Å². The van der Waals surface area contributed by atoms with Crippen molar-refractivity contribution in [2.24, 2.45) is 0 Å².